The van der Waals surface area contributed by atoms with Crippen molar-refractivity contribution in [2.24, 2.45) is 0 Å². The van der Waals surface area contributed by atoms with Crippen LogP contribution in [0, 0.1) is 0 Å². The molecule has 132 valence electrons. The molecule has 1 amide bonds. The molecule has 3 rings (SSSR count). The summed E-state index contributed by atoms with van der Waals surface area (Å²) in [6, 6.07) is 23.1. The molecule has 0 radical (unpaired) electrons. The molecule has 3 aromatic rings. The molecule has 1 aromatic heterocycles. The van der Waals surface area contributed by atoms with Crippen LogP contribution in [0.4, 0.5) is 0 Å². The van der Waals surface area contributed by atoms with E-state index in [-0.39, 0.29) is 11.9 Å². The van der Waals surface area contributed by atoms with Gasteiger partial charge in [-0.2, -0.15) is 0 Å². The Kier molecular flexibility index (Phi) is 5.99. The highest BCUT2D eigenvalue weighted by molar-refractivity contribution is 5.77. The number of aromatic nitrogens is 1. The first-order valence-corrected chi connectivity index (χ1v) is 8.65. The van der Waals surface area contributed by atoms with E-state index in [4.69, 9.17) is 4.74 Å². The van der Waals surface area contributed by atoms with Crippen molar-refractivity contribution >= 4 is 5.91 Å². The predicted octanol–water partition coefficient (Wildman–Crippen LogP) is 3.93. The molecule has 0 bridgehead atoms. The van der Waals surface area contributed by atoms with E-state index in [2.05, 4.69) is 10.3 Å². The summed E-state index contributed by atoms with van der Waals surface area (Å²) in [5, 5.41) is 3.12. The fourth-order valence-electron chi connectivity index (χ4n) is 2.91. The fourth-order valence-corrected chi connectivity index (χ4v) is 2.91. The van der Waals surface area contributed by atoms with E-state index < -0.39 is 0 Å². The number of ether oxygens (including phenoxy) is 1. The summed E-state index contributed by atoms with van der Waals surface area (Å²) in [6.07, 6.45) is 2.75. The number of carbonyl (C=O) groups is 1. The van der Waals surface area contributed by atoms with E-state index in [1.807, 2.05) is 72.8 Å². The molecular weight excluding hydrogens is 324 g/mol. The Hall–Kier alpha value is -3.14. The first kappa shape index (κ1) is 17.7. The zero-order valence-corrected chi connectivity index (χ0v) is 14.8. The smallest absolute Gasteiger partial charge is 0.221 e. The van der Waals surface area contributed by atoms with E-state index in [1.165, 1.54) is 0 Å². The second kappa shape index (κ2) is 8.81. The Morgan fingerprint density at radius 1 is 1.00 bits per heavy atom. The number of nitrogens with zero attached hydrogens (tertiary/aromatic N) is 1. The van der Waals surface area contributed by atoms with Gasteiger partial charge >= 0.3 is 0 Å². The second-order valence-corrected chi connectivity index (χ2v) is 5.98. The zero-order chi connectivity index (χ0) is 18.2. The van der Waals surface area contributed by atoms with Crippen molar-refractivity contribution in [2.45, 2.75) is 18.9 Å². The first-order chi connectivity index (χ1) is 12.8. The Morgan fingerprint density at radius 2 is 1.73 bits per heavy atom. The molecule has 0 aliphatic carbocycles. The number of methoxy groups -OCH3 is 1. The summed E-state index contributed by atoms with van der Waals surface area (Å²) in [6.45, 7) is 0. The molecule has 1 heterocycles. The van der Waals surface area contributed by atoms with Crippen molar-refractivity contribution in [1.29, 1.82) is 0 Å². The normalized spacial score (nSPS) is 11.6. The summed E-state index contributed by atoms with van der Waals surface area (Å²) in [4.78, 5) is 17.0. The summed E-state index contributed by atoms with van der Waals surface area (Å²) < 4.78 is 5.36. The van der Waals surface area contributed by atoms with E-state index in [0.717, 1.165) is 22.6 Å². The van der Waals surface area contributed by atoms with E-state index >= 15 is 0 Å². The van der Waals surface area contributed by atoms with Gasteiger partial charge < -0.3 is 10.1 Å². The molecule has 0 aliphatic heterocycles. The van der Waals surface area contributed by atoms with Crippen LogP contribution < -0.4 is 10.1 Å². The van der Waals surface area contributed by atoms with Crippen molar-refractivity contribution in [2.75, 3.05) is 7.11 Å². The lowest BCUT2D eigenvalue weighted by molar-refractivity contribution is -0.121. The van der Waals surface area contributed by atoms with Crippen LogP contribution in [0.5, 0.6) is 5.75 Å². The number of pyridine rings is 1. The molecule has 4 heteroatoms. The molecule has 0 fully saturated rings. The Bertz CT molecular complexity index is 796. The average molecular weight is 346 g/mol. The third-order valence-corrected chi connectivity index (χ3v) is 4.24. The van der Waals surface area contributed by atoms with Crippen LogP contribution in [0.1, 0.15) is 29.3 Å². The lowest BCUT2D eigenvalue weighted by atomic mass is 10.0. The van der Waals surface area contributed by atoms with Gasteiger partial charge in [0.05, 0.1) is 18.8 Å². The third kappa shape index (κ3) is 4.48. The van der Waals surface area contributed by atoms with E-state index in [0.29, 0.717) is 12.8 Å². The maximum absolute atomic E-state index is 12.6. The SMILES string of the molecule is COc1ccccc1CCC(=O)NC(c1ccccc1)c1ccccn1. The van der Waals surface area contributed by atoms with Crippen molar-refractivity contribution in [1.82, 2.24) is 10.3 Å². The largest absolute Gasteiger partial charge is 0.496 e. The highest BCUT2D eigenvalue weighted by atomic mass is 16.5. The Labute approximate surface area is 153 Å². The van der Waals surface area contributed by atoms with Gasteiger partial charge in [-0.25, -0.2) is 0 Å². The fraction of sp³-hybridized carbons (Fsp3) is 0.182. The van der Waals surface area contributed by atoms with Crippen molar-refractivity contribution in [3.63, 3.8) is 0 Å². The third-order valence-electron chi connectivity index (χ3n) is 4.24. The Balaban J connectivity index is 1.72. The predicted molar refractivity (Wildman–Crippen MR) is 102 cm³/mol. The number of carbonyl (C=O) groups excluding carboxylic acids is 1. The molecule has 1 N–H and O–H groups in total. The second-order valence-electron chi connectivity index (χ2n) is 5.98. The first-order valence-electron chi connectivity index (χ1n) is 8.65. The van der Waals surface area contributed by atoms with Crippen LogP contribution in [-0.4, -0.2) is 18.0 Å². The average Bonchev–Trinajstić information content (AvgIpc) is 2.72. The summed E-state index contributed by atoms with van der Waals surface area (Å²) in [7, 11) is 1.64. The maximum atomic E-state index is 12.6. The Morgan fingerprint density at radius 3 is 2.46 bits per heavy atom. The lowest BCUT2D eigenvalue weighted by Gasteiger charge is -2.19. The van der Waals surface area contributed by atoms with Crippen LogP contribution in [-0.2, 0) is 11.2 Å². The summed E-state index contributed by atoms with van der Waals surface area (Å²) in [5.41, 5.74) is 2.86. The highest BCUT2D eigenvalue weighted by Crippen LogP contribution is 2.21. The van der Waals surface area contributed by atoms with Gasteiger partial charge in [-0.05, 0) is 35.7 Å². The van der Waals surface area contributed by atoms with E-state index in [1.54, 1.807) is 13.3 Å². The molecule has 0 aliphatic rings. The van der Waals surface area contributed by atoms with Crippen LogP contribution >= 0.6 is 0 Å². The molecule has 1 atom stereocenters. The summed E-state index contributed by atoms with van der Waals surface area (Å²) >= 11 is 0. The van der Waals surface area contributed by atoms with Gasteiger partial charge in [0, 0.05) is 12.6 Å². The molecule has 0 saturated heterocycles. The van der Waals surface area contributed by atoms with Gasteiger partial charge in [-0.15, -0.1) is 0 Å². The highest BCUT2D eigenvalue weighted by Gasteiger charge is 2.18. The number of benzene rings is 2. The monoisotopic (exact) mass is 346 g/mol. The van der Waals surface area contributed by atoms with Crippen molar-refractivity contribution in [3.8, 4) is 5.75 Å². The minimum Gasteiger partial charge on any atom is -0.496 e. The van der Waals surface area contributed by atoms with Gasteiger partial charge in [-0.3, -0.25) is 9.78 Å². The van der Waals surface area contributed by atoms with Gasteiger partial charge in [0.25, 0.3) is 0 Å². The number of aryl methyl sites for hydroxylation is 1. The molecular formula is C22H22N2O2. The zero-order valence-electron chi connectivity index (χ0n) is 14.8. The standard InChI is InChI=1S/C22H22N2O2/c1-26-20-13-6-5-9-17(20)14-15-21(25)24-22(18-10-3-2-4-11-18)19-12-7-8-16-23-19/h2-13,16,22H,14-15H2,1H3,(H,24,25). The van der Waals surface area contributed by atoms with Gasteiger partial charge in [-0.1, -0.05) is 54.6 Å². The van der Waals surface area contributed by atoms with Crippen molar-refractivity contribution < 1.29 is 9.53 Å². The van der Waals surface area contributed by atoms with Crippen LogP contribution in [0.15, 0.2) is 79.0 Å². The number of amides is 1. The minimum absolute atomic E-state index is 0.0181. The molecule has 1 unspecified atom stereocenters. The summed E-state index contributed by atoms with van der Waals surface area (Å²) in [5.74, 6) is 0.792. The van der Waals surface area contributed by atoms with Crippen molar-refractivity contribution in [3.05, 3.63) is 95.8 Å². The number of nitrogens with one attached hydrogen (secondary N) is 1. The number of hydrogen-bond donors (Lipinski definition) is 1. The molecule has 26 heavy (non-hydrogen) atoms. The van der Waals surface area contributed by atoms with Crippen LogP contribution in [0.2, 0.25) is 0 Å². The number of para-hydroxylation sites is 1. The van der Waals surface area contributed by atoms with Crippen LogP contribution in [0.3, 0.4) is 0 Å². The van der Waals surface area contributed by atoms with Gasteiger partial charge in [0.15, 0.2) is 0 Å². The van der Waals surface area contributed by atoms with Gasteiger partial charge in [0.1, 0.15) is 5.75 Å². The number of hydrogen-bond acceptors (Lipinski definition) is 3. The number of rotatable bonds is 7. The van der Waals surface area contributed by atoms with E-state index in [9.17, 15) is 4.79 Å². The maximum Gasteiger partial charge on any atom is 0.221 e. The molecule has 2 aromatic carbocycles. The topological polar surface area (TPSA) is 51.2 Å². The minimum atomic E-state index is -0.262. The van der Waals surface area contributed by atoms with Gasteiger partial charge in [0.2, 0.25) is 5.91 Å². The van der Waals surface area contributed by atoms with Crippen LogP contribution in [0.25, 0.3) is 0 Å². The lowest BCUT2D eigenvalue weighted by Crippen LogP contribution is -2.30. The molecule has 0 saturated carbocycles. The quantitative estimate of drug-likeness (QED) is 0.705. The molecule has 4 nitrogen and oxygen atoms in total. The molecule has 0 spiro atoms.